The monoisotopic (exact) mass is 410 g/mol. The molecule has 0 saturated heterocycles. The number of methoxy groups -OCH3 is 1. The van der Waals surface area contributed by atoms with Crippen molar-refractivity contribution in [3.8, 4) is 5.75 Å². The summed E-state index contributed by atoms with van der Waals surface area (Å²) in [6.45, 7) is 1.78. The van der Waals surface area contributed by atoms with E-state index in [9.17, 15) is 13.2 Å². The second-order valence-electron chi connectivity index (χ2n) is 6.51. The molecule has 1 amide bonds. The van der Waals surface area contributed by atoms with Crippen molar-refractivity contribution in [1.29, 1.82) is 0 Å². The van der Waals surface area contributed by atoms with Crippen LogP contribution in [0.15, 0.2) is 77.7 Å². The fourth-order valence-corrected chi connectivity index (χ4v) is 3.91. The first-order chi connectivity index (χ1) is 13.8. The van der Waals surface area contributed by atoms with Crippen LogP contribution in [0.25, 0.3) is 0 Å². The first-order valence-electron chi connectivity index (χ1n) is 8.92. The van der Waals surface area contributed by atoms with Crippen LogP contribution in [0, 0.1) is 6.92 Å². The molecule has 0 aliphatic carbocycles. The molecule has 6 nitrogen and oxygen atoms in total. The van der Waals surface area contributed by atoms with Crippen LogP contribution in [-0.4, -0.2) is 28.5 Å². The van der Waals surface area contributed by atoms with Gasteiger partial charge in [0.05, 0.1) is 17.7 Å². The Morgan fingerprint density at radius 1 is 0.966 bits per heavy atom. The fraction of sp³-hybridized carbons (Fsp3) is 0.136. The summed E-state index contributed by atoms with van der Waals surface area (Å²) in [7, 11) is -0.613. The summed E-state index contributed by atoms with van der Waals surface area (Å²) in [4.78, 5) is 14.5. The summed E-state index contributed by atoms with van der Waals surface area (Å²) in [5.74, 6) is 0.331. The van der Waals surface area contributed by atoms with Crippen LogP contribution in [0.4, 0.5) is 11.4 Å². The van der Waals surface area contributed by atoms with E-state index in [4.69, 9.17) is 4.74 Å². The molecule has 0 spiro atoms. The topological polar surface area (TPSA) is 75.7 Å². The molecule has 0 saturated carbocycles. The van der Waals surface area contributed by atoms with Gasteiger partial charge >= 0.3 is 0 Å². The number of anilines is 2. The van der Waals surface area contributed by atoms with Gasteiger partial charge in [0.25, 0.3) is 15.9 Å². The van der Waals surface area contributed by atoms with Crippen LogP contribution in [0.2, 0.25) is 0 Å². The van der Waals surface area contributed by atoms with Gasteiger partial charge in [-0.25, -0.2) is 8.42 Å². The number of amides is 1. The average molecular weight is 410 g/mol. The Morgan fingerprint density at radius 3 is 2.24 bits per heavy atom. The quantitative estimate of drug-likeness (QED) is 0.664. The molecular weight excluding hydrogens is 388 g/mol. The maximum absolute atomic E-state index is 12.8. The highest BCUT2D eigenvalue weighted by Crippen LogP contribution is 2.24. The molecule has 0 aliphatic heterocycles. The Hall–Kier alpha value is -3.32. The lowest BCUT2D eigenvalue weighted by molar-refractivity contribution is 0.0993. The van der Waals surface area contributed by atoms with Crippen LogP contribution in [0.1, 0.15) is 15.9 Å². The summed E-state index contributed by atoms with van der Waals surface area (Å²) in [5.41, 5.74) is 2.20. The number of hydrogen-bond donors (Lipinski definition) is 1. The first kappa shape index (κ1) is 20.4. The van der Waals surface area contributed by atoms with Crippen LogP contribution in [0.5, 0.6) is 5.75 Å². The highest BCUT2D eigenvalue weighted by molar-refractivity contribution is 7.92. The van der Waals surface area contributed by atoms with E-state index < -0.39 is 10.0 Å². The fourth-order valence-electron chi connectivity index (χ4n) is 2.79. The van der Waals surface area contributed by atoms with E-state index in [2.05, 4.69) is 4.72 Å². The summed E-state index contributed by atoms with van der Waals surface area (Å²) in [5, 5.41) is 0. The molecule has 1 N–H and O–H groups in total. The van der Waals surface area contributed by atoms with Gasteiger partial charge in [-0.05, 0) is 61.0 Å². The number of benzene rings is 3. The van der Waals surface area contributed by atoms with E-state index in [1.165, 1.54) is 24.1 Å². The smallest absolute Gasteiger partial charge is 0.261 e. The molecule has 0 aliphatic rings. The van der Waals surface area contributed by atoms with Crippen LogP contribution in [0.3, 0.4) is 0 Å². The van der Waals surface area contributed by atoms with E-state index in [0.717, 1.165) is 5.69 Å². The van der Waals surface area contributed by atoms with Crippen molar-refractivity contribution in [2.75, 3.05) is 23.8 Å². The minimum absolute atomic E-state index is 0.107. The standard InChI is InChI=1S/C22H22N2O4S/c1-16-9-10-17(22(25)24(2)18-7-5-4-6-8-18)15-21(16)23-29(26,27)20-13-11-19(28-3)12-14-20/h4-15,23H,1-3H3. The highest BCUT2D eigenvalue weighted by atomic mass is 32.2. The molecule has 0 bridgehead atoms. The molecular formula is C22H22N2O4S. The van der Waals surface area contributed by atoms with E-state index in [0.29, 0.717) is 22.6 Å². The number of nitrogens with zero attached hydrogens (tertiary/aromatic N) is 1. The zero-order chi connectivity index (χ0) is 21.0. The number of hydrogen-bond acceptors (Lipinski definition) is 4. The summed E-state index contributed by atoms with van der Waals surface area (Å²) in [6, 6.07) is 20.3. The number of para-hydroxylation sites is 1. The Bertz CT molecular complexity index is 1110. The van der Waals surface area contributed by atoms with Gasteiger partial charge in [-0.1, -0.05) is 24.3 Å². The first-order valence-corrected chi connectivity index (χ1v) is 10.4. The number of rotatable bonds is 6. The van der Waals surface area contributed by atoms with E-state index >= 15 is 0 Å². The molecule has 0 heterocycles. The van der Waals surface area contributed by atoms with Gasteiger partial charge in [0, 0.05) is 18.3 Å². The molecule has 0 unspecified atom stereocenters. The van der Waals surface area contributed by atoms with Gasteiger partial charge in [0.1, 0.15) is 5.75 Å². The van der Waals surface area contributed by atoms with Gasteiger partial charge in [-0.2, -0.15) is 0 Å². The molecule has 29 heavy (non-hydrogen) atoms. The van der Waals surface area contributed by atoms with Gasteiger partial charge in [0.15, 0.2) is 0 Å². The molecule has 150 valence electrons. The Kier molecular flexibility index (Phi) is 5.89. The number of carbonyl (C=O) groups excluding carboxylic acids is 1. The van der Waals surface area contributed by atoms with Gasteiger partial charge < -0.3 is 9.64 Å². The van der Waals surface area contributed by atoms with Crippen LogP contribution < -0.4 is 14.4 Å². The summed E-state index contributed by atoms with van der Waals surface area (Å²) < 4.78 is 33.1. The molecule has 0 fully saturated rings. The lowest BCUT2D eigenvalue weighted by atomic mass is 10.1. The minimum atomic E-state index is -3.81. The van der Waals surface area contributed by atoms with Crippen molar-refractivity contribution in [1.82, 2.24) is 0 Å². The molecule has 0 atom stereocenters. The molecule has 0 radical (unpaired) electrons. The van der Waals surface area contributed by atoms with E-state index in [-0.39, 0.29) is 10.8 Å². The Balaban J connectivity index is 1.87. The number of ether oxygens (including phenoxy) is 1. The Morgan fingerprint density at radius 2 is 1.62 bits per heavy atom. The molecule has 3 aromatic rings. The third-order valence-electron chi connectivity index (χ3n) is 4.55. The van der Waals surface area contributed by atoms with Crippen molar-refractivity contribution in [3.05, 3.63) is 83.9 Å². The maximum Gasteiger partial charge on any atom is 0.261 e. The predicted octanol–water partition coefficient (Wildman–Crippen LogP) is 4.08. The third-order valence-corrected chi connectivity index (χ3v) is 5.93. The molecule has 3 rings (SSSR count). The summed E-state index contributed by atoms with van der Waals surface area (Å²) in [6.07, 6.45) is 0. The van der Waals surface area contributed by atoms with Crippen molar-refractivity contribution >= 4 is 27.3 Å². The minimum Gasteiger partial charge on any atom is -0.497 e. The zero-order valence-corrected chi connectivity index (χ0v) is 17.2. The number of sulfonamides is 1. The largest absolute Gasteiger partial charge is 0.497 e. The Labute approximate surface area is 170 Å². The highest BCUT2D eigenvalue weighted by Gasteiger charge is 2.18. The van der Waals surface area contributed by atoms with Crippen molar-refractivity contribution < 1.29 is 17.9 Å². The van der Waals surface area contributed by atoms with Crippen molar-refractivity contribution in [2.45, 2.75) is 11.8 Å². The maximum atomic E-state index is 12.8. The lowest BCUT2D eigenvalue weighted by Crippen LogP contribution is -2.26. The van der Waals surface area contributed by atoms with Gasteiger partial charge in [-0.15, -0.1) is 0 Å². The predicted molar refractivity (Wildman–Crippen MR) is 114 cm³/mol. The van der Waals surface area contributed by atoms with E-state index in [1.54, 1.807) is 44.3 Å². The second kappa shape index (κ2) is 8.36. The van der Waals surface area contributed by atoms with Crippen molar-refractivity contribution in [3.63, 3.8) is 0 Å². The number of carbonyl (C=O) groups is 1. The molecule has 3 aromatic carbocycles. The summed E-state index contributed by atoms with van der Waals surface area (Å²) >= 11 is 0. The van der Waals surface area contributed by atoms with Crippen molar-refractivity contribution in [2.24, 2.45) is 0 Å². The zero-order valence-electron chi connectivity index (χ0n) is 16.4. The average Bonchev–Trinajstić information content (AvgIpc) is 2.74. The third kappa shape index (κ3) is 4.57. The molecule has 0 aromatic heterocycles. The molecule has 7 heteroatoms. The van der Waals surface area contributed by atoms with Gasteiger partial charge in [0.2, 0.25) is 0 Å². The second-order valence-corrected chi connectivity index (χ2v) is 8.19. The SMILES string of the molecule is COc1ccc(S(=O)(=O)Nc2cc(C(=O)N(C)c3ccccc3)ccc2C)cc1. The van der Waals surface area contributed by atoms with Crippen LogP contribution >= 0.6 is 0 Å². The number of nitrogens with one attached hydrogen (secondary N) is 1. The number of aryl methyl sites for hydroxylation is 1. The van der Waals surface area contributed by atoms with E-state index in [1.807, 2.05) is 30.3 Å². The van der Waals surface area contributed by atoms with Gasteiger partial charge in [-0.3, -0.25) is 9.52 Å². The lowest BCUT2D eigenvalue weighted by Gasteiger charge is -2.18. The van der Waals surface area contributed by atoms with Crippen LogP contribution in [-0.2, 0) is 10.0 Å². The normalized spacial score (nSPS) is 11.0.